The van der Waals surface area contributed by atoms with Crippen LogP contribution in [0.1, 0.15) is 31.0 Å². The second kappa shape index (κ2) is 8.10. The van der Waals surface area contributed by atoms with Crippen LogP contribution in [0.15, 0.2) is 53.7 Å². The van der Waals surface area contributed by atoms with Crippen LogP contribution in [0.2, 0.25) is 0 Å². The van der Waals surface area contributed by atoms with Crippen LogP contribution in [0, 0.1) is 5.82 Å². The molecule has 1 aliphatic carbocycles. The molecule has 1 heterocycles. The highest BCUT2D eigenvalue weighted by atomic mass is 19.1. The molecule has 1 aromatic carbocycles. The highest BCUT2D eigenvalue weighted by molar-refractivity contribution is 5.79. The molecule has 2 aromatic rings. The minimum Gasteiger partial charge on any atom is -0.357 e. The molecule has 0 amide bonds. The van der Waals surface area contributed by atoms with Crippen molar-refractivity contribution in [1.29, 1.82) is 0 Å². The van der Waals surface area contributed by atoms with E-state index in [0.29, 0.717) is 6.54 Å². The minimum absolute atomic E-state index is 0.122. The van der Waals surface area contributed by atoms with Crippen molar-refractivity contribution in [2.75, 3.05) is 19.6 Å². The van der Waals surface area contributed by atoms with Crippen molar-refractivity contribution >= 4 is 5.96 Å². The fourth-order valence-electron chi connectivity index (χ4n) is 2.98. The van der Waals surface area contributed by atoms with Gasteiger partial charge in [0.2, 0.25) is 0 Å². The third-order valence-corrected chi connectivity index (χ3v) is 4.58. The van der Waals surface area contributed by atoms with Gasteiger partial charge in [0.25, 0.3) is 0 Å². The van der Waals surface area contributed by atoms with Gasteiger partial charge in [0.15, 0.2) is 5.96 Å². The van der Waals surface area contributed by atoms with Gasteiger partial charge in [-0.3, -0.25) is 9.98 Å². The molecule has 0 aliphatic heterocycles. The number of rotatable bonds is 7. The topological polar surface area (TPSA) is 49.3 Å². The monoisotopic (exact) mass is 340 g/mol. The molecular formula is C20H25FN4. The first-order chi connectivity index (χ1) is 12.2. The molecule has 5 heteroatoms. The summed E-state index contributed by atoms with van der Waals surface area (Å²) in [5, 5.41) is 6.60. The number of nitrogens with zero attached hydrogens (tertiary/aromatic N) is 2. The molecule has 25 heavy (non-hydrogen) atoms. The minimum atomic E-state index is -0.130. The van der Waals surface area contributed by atoms with E-state index in [4.69, 9.17) is 4.99 Å². The molecular weight excluding hydrogens is 315 g/mol. The summed E-state index contributed by atoms with van der Waals surface area (Å²) >= 11 is 0. The van der Waals surface area contributed by atoms with Crippen LogP contribution in [0.4, 0.5) is 4.39 Å². The maximum atomic E-state index is 14.1. The van der Waals surface area contributed by atoms with Crippen LogP contribution in [0.3, 0.4) is 0 Å². The van der Waals surface area contributed by atoms with E-state index in [0.717, 1.165) is 49.6 Å². The van der Waals surface area contributed by atoms with Crippen molar-refractivity contribution < 1.29 is 4.39 Å². The number of hydrogen-bond donors (Lipinski definition) is 2. The van der Waals surface area contributed by atoms with Gasteiger partial charge in [-0.1, -0.05) is 24.3 Å². The maximum Gasteiger partial charge on any atom is 0.191 e. The number of guanidine groups is 1. The normalized spacial score (nSPS) is 15.7. The zero-order chi connectivity index (χ0) is 17.5. The van der Waals surface area contributed by atoms with E-state index >= 15 is 0 Å². The molecule has 1 aliphatic rings. The Kier molecular flexibility index (Phi) is 5.64. The molecule has 3 rings (SSSR count). The first-order valence-corrected chi connectivity index (χ1v) is 8.91. The van der Waals surface area contributed by atoms with E-state index in [-0.39, 0.29) is 11.2 Å². The quantitative estimate of drug-likeness (QED) is 0.602. The number of halogens is 1. The summed E-state index contributed by atoms with van der Waals surface area (Å²) in [5.74, 6) is 0.657. The van der Waals surface area contributed by atoms with Gasteiger partial charge in [0.05, 0.1) is 6.54 Å². The number of aromatic nitrogens is 1. The van der Waals surface area contributed by atoms with E-state index in [1.807, 2.05) is 37.3 Å². The third kappa shape index (κ3) is 4.56. The molecule has 0 radical (unpaired) electrons. The van der Waals surface area contributed by atoms with Crippen molar-refractivity contribution in [3.63, 3.8) is 0 Å². The van der Waals surface area contributed by atoms with Gasteiger partial charge >= 0.3 is 0 Å². The first kappa shape index (κ1) is 17.4. The summed E-state index contributed by atoms with van der Waals surface area (Å²) in [5.41, 5.74) is 1.72. The van der Waals surface area contributed by atoms with E-state index in [9.17, 15) is 4.39 Å². The molecule has 132 valence electrons. The smallest absolute Gasteiger partial charge is 0.191 e. The lowest BCUT2D eigenvalue weighted by molar-refractivity contribution is 0.572. The van der Waals surface area contributed by atoms with Gasteiger partial charge in [-0.2, -0.15) is 0 Å². The van der Waals surface area contributed by atoms with Gasteiger partial charge in [-0.25, -0.2) is 4.39 Å². The molecule has 2 N–H and O–H groups in total. The third-order valence-electron chi connectivity index (χ3n) is 4.58. The maximum absolute atomic E-state index is 14.1. The van der Waals surface area contributed by atoms with E-state index in [1.165, 1.54) is 6.07 Å². The summed E-state index contributed by atoms with van der Waals surface area (Å²) in [4.78, 5) is 9.03. The van der Waals surface area contributed by atoms with Crippen LogP contribution < -0.4 is 10.6 Å². The Morgan fingerprint density at radius 1 is 1.16 bits per heavy atom. The van der Waals surface area contributed by atoms with Crippen LogP contribution in [0.25, 0.3) is 0 Å². The first-order valence-electron chi connectivity index (χ1n) is 8.91. The Labute approximate surface area is 148 Å². The van der Waals surface area contributed by atoms with Gasteiger partial charge in [0.1, 0.15) is 5.82 Å². The van der Waals surface area contributed by atoms with Crippen LogP contribution in [-0.4, -0.2) is 30.6 Å². The zero-order valence-electron chi connectivity index (χ0n) is 14.6. The highest BCUT2D eigenvalue weighted by Gasteiger charge is 2.45. The summed E-state index contributed by atoms with van der Waals surface area (Å²) in [6, 6.07) is 13.0. The average molecular weight is 340 g/mol. The zero-order valence-corrected chi connectivity index (χ0v) is 14.6. The molecule has 4 nitrogen and oxygen atoms in total. The van der Waals surface area contributed by atoms with E-state index in [2.05, 4.69) is 15.6 Å². The molecule has 1 aromatic heterocycles. The lowest BCUT2D eigenvalue weighted by Gasteiger charge is -2.16. The second-order valence-corrected chi connectivity index (χ2v) is 6.45. The summed E-state index contributed by atoms with van der Waals surface area (Å²) in [6.07, 6.45) is 4.62. The van der Waals surface area contributed by atoms with Crippen molar-refractivity contribution in [3.05, 3.63) is 65.7 Å². The van der Waals surface area contributed by atoms with Gasteiger partial charge in [-0.15, -0.1) is 0 Å². The van der Waals surface area contributed by atoms with Crippen LogP contribution in [-0.2, 0) is 11.8 Å². The Morgan fingerprint density at radius 3 is 2.64 bits per heavy atom. The van der Waals surface area contributed by atoms with E-state index in [1.54, 1.807) is 12.3 Å². The SMILES string of the molecule is CCNC(=NCC1(c2ccccc2F)CC1)NCCc1ccccn1. The van der Waals surface area contributed by atoms with Crippen LogP contribution >= 0.6 is 0 Å². The Bertz CT molecular complexity index is 711. The highest BCUT2D eigenvalue weighted by Crippen LogP contribution is 2.49. The van der Waals surface area contributed by atoms with E-state index < -0.39 is 0 Å². The summed E-state index contributed by atoms with van der Waals surface area (Å²) in [6.45, 7) is 4.20. The molecule has 1 fully saturated rings. The molecule has 0 saturated heterocycles. The number of hydrogen-bond acceptors (Lipinski definition) is 2. The largest absolute Gasteiger partial charge is 0.357 e. The van der Waals surface area contributed by atoms with Crippen molar-refractivity contribution in [2.24, 2.45) is 4.99 Å². The van der Waals surface area contributed by atoms with Crippen molar-refractivity contribution in [1.82, 2.24) is 15.6 Å². The fourth-order valence-corrected chi connectivity index (χ4v) is 2.98. The van der Waals surface area contributed by atoms with Gasteiger partial charge < -0.3 is 10.6 Å². The number of benzene rings is 1. The number of pyridine rings is 1. The predicted molar refractivity (Wildman–Crippen MR) is 99.2 cm³/mol. The summed E-state index contributed by atoms with van der Waals surface area (Å²) < 4.78 is 14.1. The molecule has 0 unspecified atom stereocenters. The van der Waals surface area contributed by atoms with Gasteiger partial charge in [0, 0.05) is 36.8 Å². The standard InChI is InChI=1S/C20H25FN4/c1-2-22-19(24-14-10-16-7-5-6-13-23-16)25-15-20(11-12-20)17-8-3-4-9-18(17)21/h3-9,13H,2,10-12,14-15H2,1H3,(H2,22,24,25). The molecule has 0 bridgehead atoms. The summed E-state index contributed by atoms with van der Waals surface area (Å²) in [7, 11) is 0. The van der Waals surface area contributed by atoms with Crippen molar-refractivity contribution in [3.8, 4) is 0 Å². The average Bonchev–Trinajstić information content (AvgIpc) is 3.42. The lowest BCUT2D eigenvalue weighted by Crippen LogP contribution is -2.39. The lowest BCUT2D eigenvalue weighted by atomic mass is 9.95. The van der Waals surface area contributed by atoms with Gasteiger partial charge in [-0.05, 0) is 43.5 Å². The van der Waals surface area contributed by atoms with Crippen LogP contribution in [0.5, 0.6) is 0 Å². The molecule has 1 saturated carbocycles. The Balaban J connectivity index is 1.59. The Morgan fingerprint density at radius 2 is 1.96 bits per heavy atom. The second-order valence-electron chi connectivity index (χ2n) is 6.45. The number of aliphatic imine (C=N–C) groups is 1. The molecule has 0 spiro atoms. The predicted octanol–water partition coefficient (Wildman–Crippen LogP) is 3.05. The molecule has 0 atom stereocenters. The number of nitrogens with one attached hydrogen (secondary N) is 2. The fraction of sp³-hybridized carbons (Fsp3) is 0.400. The Hall–Kier alpha value is -2.43. The van der Waals surface area contributed by atoms with Crippen molar-refractivity contribution in [2.45, 2.75) is 31.6 Å².